The maximum atomic E-state index is 13.7. The van der Waals surface area contributed by atoms with Gasteiger partial charge in [-0.25, -0.2) is 21.2 Å². The summed E-state index contributed by atoms with van der Waals surface area (Å²) in [6.45, 7) is -0.0447. The molecule has 0 unspecified atom stereocenters. The number of aliphatic hydroxyl groups excluding tert-OH is 1. The summed E-state index contributed by atoms with van der Waals surface area (Å²) in [6, 6.07) is 2.64. The summed E-state index contributed by atoms with van der Waals surface area (Å²) in [5, 5.41) is 9.37. The van der Waals surface area contributed by atoms with Gasteiger partial charge in [0.15, 0.2) is 9.84 Å². The predicted molar refractivity (Wildman–Crippen MR) is 68.9 cm³/mol. The number of β-amino-alcohol motifs (C(OH)–C–C–N with tert-alkyl or cyclic N) is 1. The first kappa shape index (κ1) is 15.4. The first-order valence-electron chi connectivity index (χ1n) is 5.80. The van der Waals surface area contributed by atoms with Crippen LogP contribution in [0, 0.1) is 5.82 Å². The van der Waals surface area contributed by atoms with Gasteiger partial charge in [0, 0.05) is 19.3 Å². The molecule has 1 aromatic carbocycles. The molecular weight excluding hydrogens is 309 g/mol. The number of aliphatic hydroxyl groups is 1. The van der Waals surface area contributed by atoms with Crippen LogP contribution in [-0.4, -0.2) is 51.7 Å². The second-order valence-electron chi connectivity index (χ2n) is 4.67. The Hall–Kier alpha value is -1.03. The molecule has 0 spiro atoms. The van der Waals surface area contributed by atoms with E-state index >= 15 is 0 Å². The maximum absolute atomic E-state index is 13.7. The number of sulfonamides is 1. The Morgan fingerprint density at radius 2 is 1.95 bits per heavy atom. The van der Waals surface area contributed by atoms with Crippen LogP contribution in [0.25, 0.3) is 0 Å². The van der Waals surface area contributed by atoms with Crippen molar-refractivity contribution in [3.63, 3.8) is 0 Å². The average molecular weight is 323 g/mol. The van der Waals surface area contributed by atoms with Crippen LogP contribution in [0.3, 0.4) is 0 Å². The van der Waals surface area contributed by atoms with E-state index in [1.54, 1.807) is 0 Å². The van der Waals surface area contributed by atoms with Gasteiger partial charge in [-0.3, -0.25) is 0 Å². The molecule has 6 nitrogen and oxygen atoms in total. The lowest BCUT2D eigenvalue weighted by atomic mass is 10.3. The number of sulfone groups is 1. The smallest absolute Gasteiger partial charge is 0.246 e. The molecule has 1 heterocycles. The van der Waals surface area contributed by atoms with Gasteiger partial charge in [0.1, 0.15) is 10.7 Å². The Morgan fingerprint density at radius 3 is 2.45 bits per heavy atom. The van der Waals surface area contributed by atoms with Crippen molar-refractivity contribution in [2.45, 2.75) is 22.3 Å². The third-order valence-electron chi connectivity index (χ3n) is 3.07. The molecule has 20 heavy (non-hydrogen) atoms. The maximum Gasteiger partial charge on any atom is 0.246 e. The van der Waals surface area contributed by atoms with E-state index in [0.717, 1.165) is 28.8 Å². The van der Waals surface area contributed by atoms with Crippen molar-refractivity contribution in [3.05, 3.63) is 24.0 Å². The first-order chi connectivity index (χ1) is 9.12. The topological polar surface area (TPSA) is 91.8 Å². The van der Waals surface area contributed by atoms with Gasteiger partial charge in [-0.15, -0.1) is 0 Å². The largest absolute Gasteiger partial charge is 0.392 e. The minimum Gasteiger partial charge on any atom is -0.392 e. The van der Waals surface area contributed by atoms with Gasteiger partial charge in [0.25, 0.3) is 0 Å². The minimum atomic E-state index is -4.15. The van der Waals surface area contributed by atoms with Crippen molar-refractivity contribution in [1.29, 1.82) is 0 Å². The highest BCUT2D eigenvalue weighted by molar-refractivity contribution is 7.91. The summed E-state index contributed by atoms with van der Waals surface area (Å²) in [5.74, 6) is -1.02. The molecule has 0 amide bonds. The molecule has 1 aliphatic rings. The summed E-state index contributed by atoms with van der Waals surface area (Å²) in [4.78, 5) is -0.952. The molecule has 0 radical (unpaired) electrons. The Labute approximate surface area is 116 Å². The zero-order chi connectivity index (χ0) is 15.1. The second-order valence-corrected chi connectivity index (χ2v) is 8.59. The van der Waals surface area contributed by atoms with E-state index in [4.69, 9.17) is 0 Å². The summed E-state index contributed by atoms with van der Waals surface area (Å²) in [5.41, 5.74) is 0. The lowest BCUT2D eigenvalue weighted by Crippen LogP contribution is -2.30. The lowest BCUT2D eigenvalue weighted by molar-refractivity contribution is 0.189. The molecule has 0 aliphatic carbocycles. The molecular formula is C11H14FNO5S2. The Morgan fingerprint density at radius 1 is 1.30 bits per heavy atom. The van der Waals surface area contributed by atoms with E-state index < -0.39 is 36.7 Å². The zero-order valence-corrected chi connectivity index (χ0v) is 12.3. The fraction of sp³-hybridized carbons (Fsp3) is 0.455. The zero-order valence-electron chi connectivity index (χ0n) is 10.7. The Bertz CT molecular complexity index is 729. The minimum absolute atomic E-state index is 0.0754. The molecule has 1 saturated heterocycles. The van der Waals surface area contributed by atoms with Gasteiger partial charge in [0.2, 0.25) is 10.0 Å². The van der Waals surface area contributed by atoms with Crippen LogP contribution in [0.2, 0.25) is 0 Å². The molecule has 2 rings (SSSR count). The van der Waals surface area contributed by atoms with Crippen LogP contribution in [0.15, 0.2) is 28.0 Å². The van der Waals surface area contributed by atoms with Crippen LogP contribution < -0.4 is 0 Å². The number of nitrogens with zero attached hydrogens (tertiary/aromatic N) is 1. The Kier molecular flexibility index (Phi) is 3.89. The van der Waals surface area contributed by atoms with Crippen LogP contribution in [0.5, 0.6) is 0 Å². The van der Waals surface area contributed by atoms with Gasteiger partial charge in [-0.05, 0) is 24.6 Å². The van der Waals surface area contributed by atoms with Crippen molar-refractivity contribution in [2.75, 3.05) is 19.3 Å². The third kappa shape index (κ3) is 2.85. The van der Waals surface area contributed by atoms with Crippen molar-refractivity contribution in [1.82, 2.24) is 4.31 Å². The summed E-state index contributed by atoms with van der Waals surface area (Å²) in [7, 11) is -7.79. The summed E-state index contributed by atoms with van der Waals surface area (Å²) >= 11 is 0. The third-order valence-corrected chi connectivity index (χ3v) is 6.07. The predicted octanol–water partition coefficient (Wildman–Crippen LogP) is -0.0155. The number of hydrogen-bond donors (Lipinski definition) is 1. The molecule has 1 fully saturated rings. The highest BCUT2D eigenvalue weighted by atomic mass is 32.2. The molecule has 0 saturated carbocycles. The van der Waals surface area contributed by atoms with E-state index in [9.17, 15) is 26.3 Å². The van der Waals surface area contributed by atoms with Crippen molar-refractivity contribution in [3.8, 4) is 0 Å². The van der Waals surface area contributed by atoms with Gasteiger partial charge in [-0.1, -0.05) is 0 Å². The first-order valence-corrected chi connectivity index (χ1v) is 9.13. The van der Waals surface area contributed by atoms with Crippen LogP contribution >= 0.6 is 0 Å². The average Bonchev–Trinajstić information content (AvgIpc) is 2.75. The number of rotatable bonds is 3. The van der Waals surface area contributed by atoms with Crippen LogP contribution in [0.1, 0.15) is 6.42 Å². The van der Waals surface area contributed by atoms with E-state index in [2.05, 4.69) is 0 Å². The van der Waals surface area contributed by atoms with Crippen LogP contribution in [-0.2, 0) is 19.9 Å². The molecule has 1 aromatic rings. The van der Waals surface area contributed by atoms with Gasteiger partial charge >= 0.3 is 0 Å². The van der Waals surface area contributed by atoms with Gasteiger partial charge in [-0.2, -0.15) is 4.31 Å². The highest BCUT2D eigenvalue weighted by Crippen LogP contribution is 2.25. The fourth-order valence-corrected chi connectivity index (χ4v) is 4.28. The second kappa shape index (κ2) is 5.06. The highest BCUT2D eigenvalue weighted by Gasteiger charge is 2.34. The normalized spacial score (nSPS) is 21.2. The summed E-state index contributed by atoms with van der Waals surface area (Å²) < 4.78 is 62.1. The van der Waals surface area contributed by atoms with Crippen LogP contribution in [0.4, 0.5) is 4.39 Å². The number of halogens is 1. The monoisotopic (exact) mass is 323 g/mol. The molecule has 1 atom stereocenters. The lowest BCUT2D eigenvalue weighted by Gasteiger charge is -2.16. The van der Waals surface area contributed by atoms with Crippen molar-refractivity contribution in [2.24, 2.45) is 0 Å². The van der Waals surface area contributed by atoms with E-state index in [1.807, 2.05) is 0 Å². The van der Waals surface area contributed by atoms with E-state index in [-0.39, 0.29) is 24.4 Å². The molecule has 9 heteroatoms. The number of benzene rings is 1. The van der Waals surface area contributed by atoms with E-state index in [1.165, 1.54) is 0 Å². The van der Waals surface area contributed by atoms with Crippen molar-refractivity contribution >= 4 is 19.9 Å². The quantitative estimate of drug-likeness (QED) is 0.790. The van der Waals surface area contributed by atoms with Crippen molar-refractivity contribution < 1.29 is 26.3 Å². The molecule has 1 aliphatic heterocycles. The Balaban J connectivity index is 2.52. The summed E-state index contributed by atoms with van der Waals surface area (Å²) in [6.07, 6.45) is 0.397. The SMILES string of the molecule is CS(=O)(=O)c1ccc(F)c(S(=O)(=O)N2CC[C@@H](O)C2)c1. The molecule has 112 valence electrons. The molecule has 0 bridgehead atoms. The molecule has 1 N–H and O–H groups in total. The van der Waals surface area contributed by atoms with Gasteiger partial charge in [0.05, 0.1) is 11.0 Å². The molecule has 0 aromatic heterocycles. The standard InChI is InChI=1S/C11H14FNO5S2/c1-19(15,16)9-2-3-10(12)11(6-9)20(17,18)13-5-4-8(14)7-13/h2-3,6,8,14H,4-5,7H2,1H3/t8-/m1/s1. The fourth-order valence-electron chi connectivity index (χ4n) is 1.98. The number of hydrogen-bond acceptors (Lipinski definition) is 5. The van der Waals surface area contributed by atoms with Gasteiger partial charge < -0.3 is 5.11 Å². The van der Waals surface area contributed by atoms with E-state index in [0.29, 0.717) is 0 Å².